The van der Waals surface area contributed by atoms with Gasteiger partial charge >= 0.3 is 5.97 Å². The molecule has 1 N–H and O–H groups in total. The van der Waals surface area contributed by atoms with Crippen molar-refractivity contribution in [1.29, 1.82) is 0 Å². The summed E-state index contributed by atoms with van der Waals surface area (Å²) in [5, 5.41) is 3.23. The predicted molar refractivity (Wildman–Crippen MR) is 114 cm³/mol. The van der Waals surface area contributed by atoms with Crippen LogP contribution >= 0.6 is 0 Å². The normalized spacial score (nSPS) is 23.9. The third kappa shape index (κ3) is 5.06. The van der Waals surface area contributed by atoms with Gasteiger partial charge in [0.1, 0.15) is 0 Å². The molecule has 0 saturated heterocycles. The van der Waals surface area contributed by atoms with Crippen molar-refractivity contribution in [3.8, 4) is 11.5 Å². The van der Waals surface area contributed by atoms with Crippen LogP contribution in [0.1, 0.15) is 56.2 Å². The van der Waals surface area contributed by atoms with Crippen molar-refractivity contribution in [3.05, 3.63) is 23.3 Å². The van der Waals surface area contributed by atoms with E-state index in [0.29, 0.717) is 24.0 Å². The second-order valence-corrected chi connectivity index (χ2v) is 8.36. The van der Waals surface area contributed by atoms with Crippen molar-refractivity contribution >= 4 is 11.9 Å². The molecule has 1 aromatic rings. The van der Waals surface area contributed by atoms with Crippen molar-refractivity contribution in [3.63, 3.8) is 0 Å². The number of hydrogen-bond donors (Lipinski definition) is 1. The summed E-state index contributed by atoms with van der Waals surface area (Å²) >= 11 is 0. The molecule has 3 rings (SSSR count). The van der Waals surface area contributed by atoms with Crippen LogP contribution in [-0.2, 0) is 20.7 Å². The SMILES string of the molecule is COC(=O)C[C@H]1c2cc(OC)c(OC)cc2CCN1CC(=O)N[C@@H]1CCCC[C@@H]1C. The van der Waals surface area contributed by atoms with Crippen molar-refractivity contribution in [2.45, 2.75) is 57.5 Å². The number of fused-ring (bicyclic) bond motifs is 1. The second-order valence-electron chi connectivity index (χ2n) is 8.36. The van der Waals surface area contributed by atoms with Crippen LogP contribution in [0.25, 0.3) is 0 Å². The van der Waals surface area contributed by atoms with Gasteiger partial charge in [0.15, 0.2) is 11.5 Å². The summed E-state index contributed by atoms with van der Waals surface area (Å²) in [6, 6.07) is 3.90. The number of nitrogens with zero attached hydrogens (tertiary/aromatic N) is 1. The number of carbonyl (C=O) groups is 2. The molecule has 3 atom stereocenters. The van der Waals surface area contributed by atoms with Crippen LogP contribution in [0.15, 0.2) is 12.1 Å². The van der Waals surface area contributed by atoms with E-state index in [1.807, 2.05) is 12.1 Å². The monoisotopic (exact) mass is 418 g/mol. The van der Waals surface area contributed by atoms with Crippen molar-refractivity contribution in [2.75, 3.05) is 34.4 Å². The van der Waals surface area contributed by atoms with Crippen LogP contribution < -0.4 is 14.8 Å². The number of rotatable bonds is 7. The van der Waals surface area contributed by atoms with E-state index in [9.17, 15) is 9.59 Å². The van der Waals surface area contributed by atoms with Crippen molar-refractivity contribution in [1.82, 2.24) is 10.2 Å². The van der Waals surface area contributed by atoms with Gasteiger partial charge in [0.05, 0.1) is 34.3 Å². The first-order chi connectivity index (χ1) is 14.5. The molecule has 1 aliphatic carbocycles. The Kier molecular flexibility index (Phi) is 7.58. The fourth-order valence-corrected chi connectivity index (χ4v) is 4.72. The van der Waals surface area contributed by atoms with Crippen LogP contribution in [0, 0.1) is 5.92 Å². The van der Waals surface area contributed by atoms with E-state index in [2.05, 4.69) is 17.1 Å². The Hall–Kier alpha value is -2.28. The molecule has 1 aliphatic heterocycles. The summed E-state index contributed by atoms with van der Waals surface area (Å²) in [5.74, 6) is 1.52. The van der Waals surface area contributed by atoms with Crippen LogP contribution in [0.3, 0.4) is 0 Å². The van der Waals surface area contributed by atoms with Crippen LogP contribution in [-0.4, -0.2) is 57.2 Å². The van der Waals surface area contributed by atoms with E-state index < -0.39 is 0 Å². The molecule has 30 heavy (non-hydrogen) atoms. The van der Waals surface area contributed by atoms with Gasteiger partial charge in [0.2, 0.25) is 5.91 Å². The number of esters is 1. The van der Waals surface area contributed by atoms with Crippen LogP contribution in [0.5, 0.6) is 11.5 Å². The summed E-state index contributed by atoms with van der Waals surface area (Å²) in [7, 11) is 4.60. The molecule has 0 aromatic heterocycles. The number of methoxy groups -OCH3 is 3. The smallest absolute Gasteiger partial charge is 0.307 e. The minimum absolute atomic E-state index is 0.0209. The molecule has 7 heteroatoms. The van der Waals surface area contributed by atoms with Crippen LogP contribution in [0.2, 0.25) is 0 Å². The minimum Gasteiger partial charge on any atom is -0.493 e. The predicted octanol–water partition coefficient (Wildman–Crippen LogP) is 2.86. The molecule has 1 fully saturated rings. The van der Waals surface area contributed by atoms with Gasteiger partial charge in [-0.25, -0.2) is 0 Å². The summed E-state index contributed by atoms with van der Waals surface area (Å²) in [6.07, 6.45) is 5.57. The van der Waals surface area contributed by atoms with E-state index in [-0.39, 0.29) is 36.9 Å². The second kappa shape index (κ2) is 10.2. The van der Waals surface area contributed by atoms with Gasteiger partial charge in [0.25, 0.3) is 0 Å². The lowest BCUT2D eigenvalue weighted by Gasteiger charge is -2.37. The Balaban J connectivity index is 1.80. The molecule has 2 aliphatic rings. The molecule has 0 unspecified atom stereocenters. The van der Waals surface area contributed by atoms with Crippen molar-refractivity contribution < 1.29 is 23.8 Å². The first-order valence-electron chi connectivity index (χ1n) is 10.8. The average Bonchev–Trinajstić information content (AvgIpc) is 2.75. The first kappa shape index (κ1) is 22.4. The topological polar surface area (TPSA) is 77.1 Å². The lowest BCUT2D eigenvalue weighted by molar-refractivity contribution is -0.142. The van der Waals surface area contributed by atoms with Crippen LogP contribution in [0.4, 0.5) is 0 Å². The fourth-order valence-electron chi connectivity index (χ4n) is 4.72. The highest BCUT2D eigenvalue weighted by molar-refractivity contribution is 5.79. The Labute approximate surface area is 179 Å². The van der Waals surface area contributed by atoms with Gasteiger partial charge in [-0.3, -0.25) is 14.5 Å². The number of nitrogens with one attached hydrogen (secondary N) is 1. The highest BCUT2D eigenvalue weighted by atomic mass is 16.5. The maximum atomic E-state index is 12.8. The summed E-state index contributed by atoms with van der Waals surface area (Å²) in [5.41, 5.74) is 2.10. The molecule has 1 saturated carbocycles. The molecule has 1 heterocycles. The van der Waals surface area contributed by atoms with E-state index in [4.69, 9.17) is 14.2 Å². The number of hydrogen-bond acceptors (Lipinski definition) is 6. The summed E-state index contributed by atoms with van der Waals surface area (Å²) in [4.78, 5) is 27.1. The Bertz CT molecular complexity index is 766. The lowest BCUT2D eigenvalue weighted by atomic mass is 9.86. The van der Waals surface area contributed by atoms with E-state index in [1.54, 1.807) is 14.2 Å². The quantitative estimate of drug-likeness (QED) is 0.686. The largest absolute Gasteiger partial charge is 0.493 e. The van der Waals surface area contributed by atoms with E-state index in [1.165, 1.54) is 20.0 Å². The highest BCUT2D eigenvalue weighted by Crippen LogP contribution is 2.39. The van der Waals surface area contributed by atoms with Gasteiger partial charge in [-0.2, -0.15) is 0 Å². The maximum absolute atomic E-state index is 12.8. The molecular formula is C23H34N2O5. The zero-order valence-electron chi connectivity index (χ0n) is 18.5. The van der Waals surface area contributed by atoms with Crippen molar-refractivity contribution in [2.24, 2.45) is 5.92 Å². The van der Waals surface area contributed by atoms with Gasteiger partial charge < -0.3 is 19.5 Å². The third-order valence-corrected chi connectivity index (χ3v) is 6.51. The molecular weight excluding hydrogens is 384 g/mol. The highest BCUT2D eigenvalue weighted by Gasteiger charge is 2.33. The standard InChI is InChI=1S/C23H34N2O5/c1-15-7-5-6-8-18(15)24-22(26)14-25-10-9-16-11-20(28-2)21(29-3)12-17(16)19(25)13-23(27)30-4/h11-12,15,18-19H,5-10,13-14H2,1-4H3,(H,24,26)/t15-,18+,19-/m0/s1. The molecule has 0 radical (unpaired) electrons. The molecule has 166 valence electrons. The summed E-state index contributed by atoms with van der Waals surface area (Å²) in [6.45, 7) is 3.16. The van der Waals surface area contributed by atoms with Gasteiger partial charge in [-0.1, -0.05) is 19.8 Å². The first-order valence-corrected chi connectivity index (χ1v) is 10.8. The Morgan fingerprint density at radius 3 is 2.47 bits per heavy atom. The number of benzene rings is 1. The maximum Gasteiger partial charge on any atom is 0.307 e. The lowest BCUT2D eigenvalue weighted by Crippen LogP contribution is -2.48. The molecule has 1 amide bonds. The zero-order valence-corrected chi connectivity index (χ0v) is 18.5. The summed E-state index contributed by atoms with van der Waals surface area (Å²) < 4.78 is 15.8. The average molecular weight is 419 g/mol. The minimum atomic E-state index is -0.297. The molecule has 7 nitrogen and oxygen atoms in total. The van der Waals surface area contributed by atoms with Gasteiger partial charge in [-0.15, -0.1) is 0 Å². The molecule has 0 bridgehead atoms. The zero-order chi connectivity index (χ0) is 21.7. The van der Waals surface area contributed by atoms with Gasteiger partial charge in [0, 0.05) is 18.6 Å². The number of ether oxygens (including phenoxy) is 3. The fraction of sp³-hybridized carbons (Fsp3) is 0.652. The van der Waals surface area contributed by atoms with Gasteiger partial charge in [-0.05, 0) is 48.4 Å². The molecule has 1 aromatic carbocycles. The van der Waals surface area contributed by atoms with E-state index in [0.717, 1.165) is 30.4 Å². The third-order valence-electron chi connectivity index (χ3n) is 6.51. The molecule has 0 spiro atoms. The Morgan fingerprint density at radius 2 is 1.80 bits per heavy atom. The number of amides is 1. The van der Waals surface area contributed by atoms with E-state index >= 15 is 0 Å². The number of carbonyl (C=O) groups excluding carboxylic acids is 2. The Morgan fingerprint density at radius 1 is 1.10 bits per heavy atom.